The molecule has 148 valence electrons. The summed E-state index contributed by atoms with van der Waals surface area (Å²) in [6.07, 6.45) is 3.25. The van der Waals surface area contributed by atoms with Crippen LogP contribution in [-0.2, 0) is 20.7 Å². The van der Waals surface area contributed by atoms with Gasteiger partial charge in [-0.2, -0.15) is 0 Å². The van der Waals surface area contributed by atoms with Gasteiger partial charge in [0.15, 0.2) is 0 Å². The lowest BCUT2D eigenvalue weighted by Gasteiger charge is -2.14. The van der Waals surface area contributed by atoms with Gasteiger partial charge in [0.25, 0.3) is 0 Å². The maximum Gasteiger partial charge on any atom is 0.414 e. The van der Waals surface area contributed by atoms with E-state index in [9.17, 15) is 0 Å². The summed E-state index contributed by atoms with van der Waals surface area (Å²) in [7, 11) is 0. The zero-order valence-corrected chi connectivity index (χ0v) is 16.0. The van der Waals surface area contributed by atoms with E-state index in [0.29, 0.717) is 6.04 Å². The molecule has 0 aliphatic carbocycles. The van der Waals surface area contributed by atoms with Gasteiger partial charge in [-0.15, -0.1) is 11.3 Å². The van der Waals surface area contributed by atoms with Crippen LogP contribution in [0.15, 0.2) is 29.6 Å². The van der Waals surface area contributed by atoms with Gasteiger partial charge in [-0.3, -0.25) is 0 Å². The summed E-state index contributed by atoms with van der Waals surface area (Å²) >= 11 is 1.80. The standard InChI is InChI=1S/C17H24N2OS.C2H2O4/c18-16-4-8-19(13-16)7-1-9-20-10-5-14-2-3-17-15(12-14)6-11-21-17;3-1(4)2(5)6/h2-3,6,11-12,16H,1,4-5,7-10,13,18H2;(H,3,4)(H,5,6). The molecule has 2 heterocycles. The van der Waals surface area contributed by atoms with Crippen LogP contribution in [0, 0.1) is 0 Å². The molecule has 2 aromatic rings. The summed E-state index contributed by atoms with van der Waals surface area (Å²) in [6.45, 7) is 5.00. The van der Waals surface area contributed by atoms with Gasteiger partial charge in [0.05, 0.1) is 6.61 Å². The van der Waals surface area contributed by atoms with Crippen LogP contribution in [0.2, 0.25) is 0 Å². The number of aliphatic carboxylic acids is 2. The van der Waals surface area contributed by atoms with Gasteiger partial charge < -0.3 is 25.6 Å². The van der Waals surface area contributed by atoms with Crippen molar-refractivity contribution in [1.82, 2.24) is 4.90 Å². The van der Waals surface area contributed by atoms with Crippen molar-refractivity contribution in [3.8, 4) is 0 Å². The minimum absolute atomic E-state index is 0.387. The molecular formula is C19H26N2O5S. The van der Waals surface area contributed by atoms with E-state index >= 15 is 0 Å². The highest BCUT2D eigenvalue weighted by Gasteiger charge is 2.17. The third-order valence-corrected chi connectivity index (χ3v) is 5.20. The third-order valence-electron chi connectivity index (χ3n) is 4.31. The number of carboxylic acid groups (broad SMARTS) is 2. The molecule has 3 rings (SSSR count). The Labute approximate surface area is 162 Å². The Kier molecular flexibility index (Phi) is 8.66. The van der Waals surface area contributed by atoms with Crippen LogP contribution in [0.25, 0.3) is 10.1 Å². The second kappa shape index (κ2) is 11.0. The average Bonchev–Trinajstić information content (AvgIpc) is 3.26. The fourth-order valence-electron chi connectivity index (χ4n) is 2.92. The number of fused-ring (bicyclic) bond motifs is 1. The molecule has 7 nitrogen and oxygen atoms in total. The van der Waals surface area contributed by atoms with Gasteiger partial charge in [-0.25, -0.2) is 9.59 Å². The normalized spacial score (nSPS) is 16.9. The van der Waals surface area contributed by atoms with E-state index < -0.39 is 11.9 Å². The number of thiophene rings is 1. The molecule has 0 spiro atoms. The van der Waals surface area contributed by atoms with Crippen LogP contribution < -0.4 is 5.73 Å². The number of ether oxygens (including phenoxy) is 1. The third kappa shape index (κ3) is 7.64. The molecule has 1 unspecified atom stereocenters. The maximum atomic E-state index is 9.10. The monoisotopic (exact) mass is 394 g/mol. The predicted octanol–water partition coefficient (Wildman–Crippen LogP) is 2.04. The van der Waals surface area contributed by atoms with Crippen LogP contribution in [0.1, 0.15) is 18.4 Å². The summed E-state index contributed by atoms with van der Waals surface area (Å²) in [5, 5.41) is 18.3. The topological polar surface area (TPSA) is 113 Å². The molecule has 4 N–H and O–H groups in total. The van der Waals surface area contributed by atoms with E-state index in [0.717, 1.165) is 52.1 Å². The number of rotatable bonds is 7. The number of benzene rings is 1. The van der Waals surface area contributed by atoms with E-state index in [4.69, 9.17) is 30.3 Å². The van der Waals surface area contributed by atoms with Crippen LogP contribution in [0.3, 0.4) is 0 Å². The molecule has 0 saturated carbocycles. The van der Waals surface area contributed by atoms with Crippen LogP contribution in [-0.4, -0.2) is 65.9 Å². The van der Waals surface area contributed by atoms with E-state index in [1.807, 2.05) is 0 Å². The Balaban J connectivity index is 0.000000380. The van der Waals surface area contributed by atoms with Crippen molar-refractivity contribution in [3.05, 3.63) is 35.2 Å². The lowest BCUT2D eigenvalue weighted by atomic mass is 10.1. The second-order valence-electron chi connectivity index (χ2n) is 6.47. The molecule has 27 heavy (non-hydrogen) atoms. The molecule has 0 bridgehead atoms. The summed E-state index contributed by atoms with van der Waals surface area (Å²) in [5.74, 6) is -3.65. The summed E-state index contributed by atoms with van der Waals surface area (Å²) < 4.78 is 7.13. The van der Waals surface area contributed by atoms with Gasteiger partial charge in [-0.05, 0) is 54.3 Å². The van der Waals surface area contributed by atoms with Gasteiger partial charge in [0.1, 0.15) is 0 Å². The van der Waals surface area contributed by atoms with Crippen molar-refractivity contribution in [2.45, 2.75) is 25.3 Å². The summed E-state index contributed by atoms with van der Waals surface area (Å²) in [6, 6.07) is 9.28. The van der Waals surface area contributed by atoms with Crippen molar-refractivity contribution in [2.24, 2.45) is 5.73 Å². The molecule has 1 saturated heterocycles. The number of hydrogen-bond donors (Lipinski definition) is 3. The molecule has 1 aromatic carbocycles. The minimum atomic E-state index is -1.82. The SMILES string of the molecule is NC1CCN(CCCOCCc2ccc3sccc3c2)C1.O=C(O)C(=O)O. The van der Waals surface area contributed by atoms with Crippen molar-refractivity contribution in [2.75, 3.05) is 32.8 Å². The first kappa shape index (κ1) is 21.3. The van der Waals surface area contributed by atoms with Crippen molar-refractivity contribution in [1.29, 1.82) is 0 Å². The van der Waals surface area contributed by atoms with Gasteiger partial charge in [0, 0.05) is 30.4 Å². The van der Waals surface area contributed by atoms with Crippen LogP contribution in [0.4, 0.5) is 0 Å². The smallest absolute Gasteiger partial charge is 0.414 e. The first-order valence-electron chi connectivity index (χ1n) is 8.93. The Hall–Kier alpha value is -2.00. The predicted molar refractivity (Wildman–Crippen MR) is 105 cm³/mol. The number of likely N-dealkylation sites (tertiary alicyclic amines) is 1. The summed E-state index contributed by atoms with van der Waals surface area (Å²) in [5.41, 5.74) is 7.27. The minimum Gasteiger partial charge on any atom is -0.473 e. The number of nitrogens with two attached hydrogens (primary N) is 1. The Morgan fingerprint density at radius 1 is 1.22 bits per heavy atom. The van der Waals surface area contributed by atoms with Crippen molar-refractivity contribution < 1.29 is 24.5 Å². The second-order valence-corrected chi connectivity index (χ2v) is 7.42. The Bertz CT molecular complexity index is 737. The summed E-state index contributed by atoms with van der Waals surface area (Å²) in [4.78, 5) is 20.6. The van der Waals surface area contributed by atoms with Crippen LogP contribution in [0.5, 0.6) is 0 Å². The quantitative estimate of drug-likeness (QED) is 0.486. The van der Waals surface area contributed by atoms with E-state index in [-0.39, 0.29) is 0 Å². The first-order valence-corrected chi connectivity index (χ1v) is 9.81. The molecule has 0 radical (unpaired) electrons. The molecule has 0 amide bonds. The number of hydrogen-bond acceptors (Lipinski definition) is 6. The van der Waals surface area contributed by atoms with Crippen molar-refractivity contribution >= 4 is 33.4 Å². The lowest BCUT2D eigenvalue weighted by molar-refractivity contribution is -0.159. The van der Waals surface area contributed by atoms with Gasteiger partial charge >= 0.3 is 11.9 Å². The molecular weight excluding hydrogens is 368 g/mol. The van der Waals surface area contributed by atoms with Crippen molar-refractivity contribution in [3.63, 3.8) is 0 Å². The molecule has 1 atom stereocenters. The largest absolute Gasteiger partial charge is 0.473 e. The van der Waals surface area contributed by atoms with E-state index in [2.05, 4.69) is 34.5 Å². The highest BCUT2D eigenvalue weighted by Crippen LogP contribution is 2.21. The fraction of sp³-hybridized carbons (Fsp3) is 0.474. The van der Waals surface area contributed by atoms with Gasteiger partial charge in [-0.1, -0.05) is 12.1 Å². The number of nitrogens with zero attached hydrogens (tertiary/aromatic N) is 1. The fourth-order valence-corrected chi connectivity index (χ4v) is 3.69. The molecule has 1 fully saturated rings. The molecule has 1 aliphatic rings. The van der Waals surface area contributed by atoms with E-state index in [1.165, 1.54) is 15.6 Å². The molecule has 1 aromatic heterocycles. The number of carboxylic acids is 2. The van der Waals surface area contributed by atoms with Gasteiger partial charge in [0.2, 0.25) is 0 Å². The Morgan fingerprint density at radius 3 is 2.67 bits per heavy atom. The van der Waals surface area contributed by atoms with E-state index in [1.54, 1.807) is 11.3 Å². The highest BCUT2D eigenvalue weighted by molar-refractivity contribution is 7.17. The zero-order valence-electron chi connectivity index (χ0n) is 15.2. The molecule has 8 heteroatoms. The number of carbonyl (C=O) groups is 2. The highest BCUT2D eigenvalue weighted by atomic mass is 32.1. The molecule has 1 aliphatic heterocycles. The zero-order chi connectivity index (χ0) is 19.6. The average molecular weight is 394 g/mol. The Morgan fingerprint density at radius 2 is 2.00 bits per heavy atom. The lowest BCUT2D eigenvalue weighted by Crippen LogP contribution is -2.27. The first-order chi connectivity index (χ1) is 13.0. The maximum absolute atomic E-state index is 9.10. The van der Waals surface area contributed by atoms with Crippen LogP contribution >= 0.6 is 11.3 Å².